The van der Waals surface area contributed by atoms with E-state index in [9.17, 15) is 32.7 Å². The molecule has 5 aromatic rings. The molecule has 52 heavy (non-hydrogen) atoms. The number of rotatable bonds is 7. The number of hydrogen-bond donors (Lipinski definition) is 2. The van der Waals surface area contributed by atoms with Crippen LogP contribution in [0.4, 0.5) is 18.9 Å². The van der Waals surface area contributed by atoms with E-state index in [0.717, 1.165) is 16.6 Å². The minimum Gasteiger partial charge on any atom is -0.505 e. The number of halogens is 5. The van der Waals surface area contributed by atoms with Crippen molar-refractivity contribution >= 4 is 57.6 Å². The van der Waals surface area contributed by atoms with Gasteiger partial charge in [0.05, 0.1) is 41.3 Å². The Bertz CT molecular complexity index is 2350. The summed E-state index contributed by atoms with van der Waals surface area (Å²) in [6.07, 6.45) is 0.550. The quantitative estimate of drug-likeness (QED) is 0.250. The topological polar surface area (TPSA) is 166 Å². The molecule has 19 heteroatoms. The van der Waals surface area contributed by atoms with Crippen molar-refractivity contribution in [3.05, 3.63) is 91.3 Å². The van der Waals surface area contributed by atoms with E-state index in [1.54, 1.807) is 17.9 Å². The van der Waals surface area contributed by atoms with Crippen molar-refractivity contribution in [1.82, 2.24) is 33.7 Å². The molecule has 1 saturated heterocycles. The van der Waals surface area contributed by atoms with Crippen LogP contribution in [0.5, 0.6) is 5.75 Å². The van der Waals surface area contributed by atoms with Gasteiger partial charge in [0.25, 0.3) is 11.5 Å². The molecule has 3 N–H and O–H groups in total. The molecule has 0 radical (unpaired) electrons. The van der Waals surface area contributed by atoms with E-state index >= 15 is 0 Å². The molecule has 1 aromatic carbocycles. The molecule has 4 aromatic heterocycles. The predicted octanol–water partition coefficient (Wildman–Crippen LogP) is 3.97. The largest absolute Gasteiger partial charge is 0.505 e. The van der Waals surface area contributed by atoms with Crippen LogP contribution in [-0.4, -0.2) is 90.0 Å². The fraction of sp³-hybridized carbons (Fsp3) is 0.333. The number of carbonyl (C=O) groups excluding carboxylic acids is 2. The van der Waals surface area contributed by atoms with Gasteiger partial charge in [-0.15, -0.1) is 5.10 Å². The van der Waals surface area contributed by atoms with Crippen LogP contribution in [0.15, 0.2) is 47.5 Å². The molecule has 272 valence electrons. The highest BCUT2D eigenvalue weighted by Gasteiger charge is 2.36. The van der Waals surface area contributed by atoms with Crippen molar-refractivity contribution in [3.63, 3.8) is 0 Å². The maximum absolute atomic E-state index is 14.4. The number of carbonyl (C=O) groups is 2. The first-order valence-corrected chi connectivity index (χ1v) is 16.9. The first-order chi connectivity index (χ1) is 24.8. The number of ether oxygens (including phenoxy) is 1. The summed E-state index contributed by atoms with van der Waals surface area (Å²) in [5, 5.41) is 19.2. The third kappa shape index (κ3) is 6.01. The molecule has 2 aliphatic heterocycles. The van der Waals surface area contributed by atoms with Crippen molar-refractivity contribution in [2.45, 2.75) is 32.0 Å². The maximum Gasteiger partial charge on any atom is 0.416 e. The molecule has 0 bridgehead atoms. The Labute approximate surface area is 302 Å². The maximum atomic E-state index is 14.4. The Kier molecular flexibility index (Phi) is 9.12. The van der Waals surface area contributed by atoms with Crippen molar-refractivity contribution < 1.29 is 32.6 Å². The van der Waals surface area contributed by atoms with Crippen molar-refractivity contribution in [1.29, 1.82) is 0 Å². The molecule has 2 amide bonds. The van der Waals surface area contributed by atoms with Gasteiger partial charge in [-0.2, -0.15) is 27.8 Å². The van der Waals surface area contributed by atoms with Crippen molar-refractivity contribution in [3.8, 4) is 5.75 Å². The summed E-state index contributed by atoms with van der Waals surface area (Å²) in [7, 11) is 0. The highest BCUT2D eigenvalue weighted by molar-refractivity contribution is 6.34. The second-order valence-electron chi connectivity index (χ2n) is 12.2. The number of benzene rings is 1. The Morgan fingerprint density at radius 2 is 1.87 bits per heavy atom. The standard InChI is InChI=1S/C33H30Cl2F3N9O5/c1-2-23-26(43-9-11-44(12-10-43)30(50)20-5-8-45-25(27(20)48)22(35)16-40-45)31(51)47-32(41-29(42-47)17-6-13-52-14-7-17)46(23)24(28(39)49)19-4-3-18(15-21(19)34)33(36,37)38/h3-6,8,15-16,24,48H,2,7,9-14H2,1H3,(H2,39,49). The van der Waals surface area contributed by atoms with Crippen molar-refractivity contribution in [2.75, 3.05) is 44.3 Å². The summed E-state index contributed by atoms with van der Waals surface area (Å²) in [4.78, 5) is 49.3. The molecule has 14 nitrogen and oxygen atoms in total. The van der Waals surface area contributed by atoms with Crippen LogP contribution in [0.25, 0.3) is 16.9 Å². The number of amides is 2. The van der Waals surface area contributed by atoms with Gasteiger partial charge in [-0.25, -0.2) is 4.52 Å². The SMILES string of the molecule is CCc1c(N2CCN(C(=O)c3ccn4ncc(Cl)c4c3O)CC2)c(=O)n2nc(C3=CCOCC3)nc2n1C(C(N)=O)c1ccc(C(F)(F)F)cc1Cl. The molecule has 0 aliphatic carbocycles. The fourth-order valence-corrected chi connectivity index (χ4v) is 7.20. The molecule has 1 unspecified atom stereocenters. The third-order valence-electron chi connectivity index (χ3n) is 9.23. The molecule has 0 spiro atoms. The van der Waals surface area contributed by atoms with Crippen molar-refractivity contribution in [2.24, 2.45) is 5.73 Å². The minimum atomic E-state index is -4.70. The minimum absolute atomic E-state index is 0.0247. The van der Waals surface area contributed by atoms with E-state index < -0.39 is 35.2 Å². The lowest BCUT2D eigenvalue weighted by molar-refractivity contribution is -0.137. The van der Waals surface area contributed by atoms with Crippen LogP contribution in [0.3, 0.4) is 0 Å². The molecule has 1 atom stereocenters. The normalized spacial score (nSPS) is 16.1. The number of anilines is 1. The number of hydrogen-bond acceptors (Lipinski definition) is 9. The Morgan fingerprint density at radius 3 is 2.50 bits per heavy atom. The number of pyridine rings is 1. The molecule has 1 fully saturated rings. The second kappa shape index (κ2) is 13.4. The zero-order chi connectivity index (χ0) is 37.1. The molecular weight excluding hydrogens is 730 g/mol. The Balaban J connectivity index is 1.33. The number of alkyl halides is 3. The number of nitrogens with zero attached hydrogens (tertiary/aromatic N) is 8. The van der Waals surface area contributed by atoms with Gasteiger partial charge >= 0.3 is 6.18 Å². The number of nitrogens with two attached hydrogens (primary N) is 1. The molecule has 7 rings (SSSR count). The summed E-state index contributed by atoms with van der Waals surface area (Å²) in [6.45, 7) is 3.02. The van der Waals surface area contributed by atoms with E-state index in [1.165, 1.54) is 32.4 Å². The Hall–Kier alpha value is -5.13. The van der Waals surface area contributed by atoms with Gasteiger partial charge in [0.2, 0.25) is 11.7 Å². The van der Waals surface area contributed by atoms with E-state index in [2.05, 4.69) is 15.2 Å². The monoisotopic (exact) mass is 759 g/mol. The summed E-state index contributed by atoms with van der Waals surface area (Å²) >= 11 is 12.6. The number of fused-ring (bicyclic) bond motifs is 2. The third-order valence-corrected chi connectivity index (χ3v) is 9.83. The van der Waals surface area contributed by atoms with E-state index in [1.807, 2.05) is 0 Å². The van der Waals surface area contributed by atoms with Gasteiger partial charge in [-0.05, 0) is 36.6 Å². The molecule has 6 heterocycles. The van der Waals surface area contributed by atoms with E-state index in [4.69, 9.17) is 33.7 Å². The van der Waals surface area contributed by atoms with Crippen LogP contribution in [0.2, 0.25) is 10.0 Å². The van der Waals surface area contributed by atoms with Crippen LogP contribution in [-0.2, 0) is 22.1 Å². The highest BCUT2D eigenvalue weighted by atomic mass is 35.5. The van der Waals surface area contributed by atoms with E-state index in [0.29, 0.717) is 37.0 Å². The van der Waals surface area contributed by atoms with Crippen LogP contribution in [0.1, 0.15) is 52.4 Å². The first-order valence-electron chi connectivity index (χ1n) is 16.2. The average molecular weight is 761 g/mol. The second-order valence-corrected chi connectivity index (χ2v) is 13.0. The summed E-state index contributed by atoms with van der Waals surface area (Å²) in [5.41, 5.74) is 5.73. The van der Waals surface area contributed by atoms with Gasteiger partial charge in [-0.1, -0.05) is 42.3 Å². The molecule has 2 aliphatic rings. The van der Waals surface area contributed by atoms with Gasteiger partial charge in [-0.3, -0.25) is 19.0 Å². The first kappa shape index (κ1) is 35.3. The molecular formula is C33H30Cl2F3N9O5. The lowest BCUT2D eigenvalue weighted by Gasteiger charge is -2.37. The van der Waals surface area contributed by atoms with Crippen LogP contribution < -0.4 is 16.2 Å². The van der Waals surface area contributed by atoms with Gasteiger partial charge in [0.15, 0.2) is 11.6 Å². The summed E-state index contributed by atoms with van der Waals surface area (Å²) < 4.78 is 49.9. The highest BCUT2D eigenvalue weighted by Crippen LogP contribution is 2.37. The number of piperazine rings is 1. The number of primary amides is 1. The molecule has 0 saturated carbocycles. The van der Waals surface area contributed by atoms with Crippen LogP contribution >= 0.6 is 23.2 Å². The average Bonchev–Trinajstić information content (AvgIpc) is 3.74. The van der Waals surface area contributed by atoms with Gasteiger partial charge < -0.3 is 25.4 Å². The summed E-state index contributed by atoms with van der Waals surface area (Å²) in [5.74, 6) is -1.60. The lowest BCUT2D eigenvalue weighted by Crippen LogP contribution is -2.51. The zero-order valence-electron chi connectivity index (χ0n) is 27.4. The number of aromatic nitrogens is 6. The lowest BCUT2D eigenvalue weighted by atomic mass is 10.0. The smallest absolute Gasteiger partial charge is 0.416 e. The summed E-state index contributed by atoms with van der Waals surface area (Å²) in [6, 6.07) is 2.55. The zero-order valence-corrected chi connectivity index (χ0v) is 28.9. The van der Waals surface area contributed by atoms with Gasteiger partial charge in [0, 0.05) is 43.0 Å². The predicted molar refractivity (Wildman–Crippen MR) is 184 cm³/mol. The van der Waals surface area contributed by atoms with Gasteiger partial charge in [0.1, 0.15) is 17.2 Å². The van der Waals surface area contributed by atoms with Crippen LogP contribution in [0, 0.1) is 0 Å². The van der Waals surface area contributed by atoms with E-state index in [-0.39, 0.29) is 82.3 Å². The fourth-order valence-electron chi connectivity index (χ4n) is 6.70. The number of aromatic hydroxyl groups is 1. The Morgan fingerprint density at radius 1 is 1.12 bits per heavy atom.